The Kier molecular flexibility index (Phi) is 18.4. The highest BCUT2D eigenvalue weighted by Gasteiger charge is 1.99. The number of rotatable bonds is 4. The van der Waals surface area contributed by atoms with Gasteiger partial charge in [-0.3, -0.25) is 9.59 Å². The molecule has 0 amide bonds. The molecular formula is C22H32O4. The predicted octanol–water partition coefficient (Wildman–Crippen LogP) is 5.20. The van der Waals surface area contributed by atoms with Crippen LogP contribution in [0.1, 0.15) is 45.7 Å². The maximum Gasteiger partial charge on any atom is 0.309 e. The Hall–Kier alpha value is -2.62. The van der Waals surface area contributed by atoms with Crippen LogP contribution in [-0.2, 0) is 32.1 Å². The lowest BCUT2D eigenvalue weighted by Crippen LogP contribution is -2.03. The number of hydrogen-bond acceptors (Lipinski definition) is 4. The van der Waals surface area contributed by atoms with Gasteiger partial charge in [0.25, 0.3) is 0 Å². The summed E-state index contributed by atoms with van der Waals surface area (Å²) in [6.45, 7) is 9.78. The maximum absolute atomic E-state index is 10.8. The molecule has 0 N–H and O–H groups in total. The van der Waals surface area contributed by atoms with Gasteiger partial charge >= 0.3 is 11.9 Å². The minimum absolute atomic E-state index is 0.198. The van der Waals surface area contributed by atoms with Crippen LogP contribution in [0.5, 0.6) is 0 Å². The van der Waals surface area contributed by atoms with E-state index in [1.54, 1.807) is 0 Å². The molecule has 0 fully saturated rings. The topological polar surface area (TPSA) is 52.6 Å². The van der Waals surface area contributed by atoms with Gasteiger partial charge in [-0.05, 0) is 11.1 Å². The summed E-state index contributed by atoms with van der Waals surface area (Å²) in [7, 11) is 1.39. The molecule has 0 aliphatic heterocycles. The first-order chi connectivity index (χ1) is 12.6. The van der Waals surface area contributed by atoms with Gasteiger partial charge in [-0.2, -0.15) is 0 Å². The molecule has 2 rings (SSSR count). The number of hydrogen-bond donors (Lipinski definition) is 0. The highest BCUT2D eigenvalue weighted by atomic mass is 16.5. The Labute approximate surface area is 158 Å². The van der Waals surface area contributed by atoms with Crippen molar-refractivity contribution >= 4 is 11.9 Å². The molecule has 2 aromatic carbocycles. The molecular weight excluding hydrogens is 328 g/mol. The fraction of sp³-hybridized carbons (Fsp3) is 0.364. The summed E-state index contributed by atoms with van der Waals surface area (Å²) in [5, 5.41) is 0. The third kappa shape index (κ3) is 14.9. The Morgan fingerprint density at radius 1 is 0.769 bits per heavy atom. The first-order valence-corrected chi connectivity index (χ1v) is 8.90. The summed E-state index contributed by atoms with van der Waals surface area (Å²) in [4.78, 5) is 21.2. The molecule has 0 saturated heterocycles. The molecule has 26 heavy (non-hydrogen) atoms. The van der Waals surface area contributed by atoms with Gasteiger partial charge in [0.2, 0.25) is 0 Å². The van der Waals surface area contributed by atoms with Gasteiger partial charge in [-0.1, -0.05) is 88.4 Å². The summed E-state index contributed by atoms with van der Waals surface area (Å²) >= 11 is 0. The highest BCUT2D eigenvalue weighted by molar-refractivity contribution is 5.72. The zero-order valence-corrected chi connectivity index (χ0v) is 16.8. The van der Waals surface area contributed by atoms with E-state index in [2.05, 4.69) is 4.74 Å². The molecule has 0 bridgehead atoms. The fourth-order valence-corrected chi connectivity index (χ4v) is 1.59. The molecule has 144 valence electrons. The van der Waals surface area contributed by atoms with Crippen LogP contribution in [0, 0.1) is 0 Å². The highest BCUT2D eigenvalue weighted by Crippen LogP contribution is 2.00. The van der Waals surface area contributed by atoms with Crippen molar-refractivity contribution in [3.63, 3.8) is 0 Å². The lowest BCUT2D eigenvalue weighted by molar-refractivity contribution is -0.142. The Bertz CT molecular complexity index is 565. The van der Waals surface area contributed by atoms with Gasteiger partial charge in [-0.15, -0.1) is 0 Å². The van der Waals surface area contributed by atoms with Crippen LogP contribution in [0.2, 0.25) is 0 Å². The van der Waals surface area contributed by atoms with Gasteiger partial charge in [0.15, 0.2) is 0 Å². The molecule has 0 aliphatic rings. The maximum atomic E-state index is 10.8. The lowest BCUT2D eigenvalue weighted by atomic mass is 10.2. The molecule has 0 spiro atoms. The van der Waals surface area contributed by atoms with E-state index in [-0.39, 0.29) is 11.9 Å². The standard InChI is InChI=1S/2C9H10O2.2C2H6/c1-11-9(10)7-8-5-3-2-4-6-8;1-8(10)11-7-9-5-3-2-4-6-9;2*1-2/h2*2-6H,7H2,1H3;2*1-2H3. The summed E-state index contributed by atoms with van der Waals surface area (Å²) in [6.07, 6.45) is 0.358. The van der Waals surface area contributed by atoms with Crippen molar-refractivity contribution in [2.75, 3.05) is 7.11 Å². The van der Waals surface area contributed by atoms with E-state index in [1.165, 1.54) is 14.0 Å². The van der Waals surface area contributed by atoms with Crippen LogP contribution in [0.15, 0.2) is 60.7 Å². The second-order valence-electron chi connectivity index (χ2n) is 4.50. The Balaban J connectivity index is 0. The van der Waals surface area contributed by atoms with Crippen molar-refractivity contribution in [2.45, 2.75) is 47.6 Å². The first kappa shape index (κ1) is 25.6. The smallest absolute Gasteiger partial charge is 0.309 e. The Morgan fingerprint density at radius 2 is 1.19 bits per heavy atom. The second kappa shape index (κ2) is 18.7. The normalized spacial score (nSPS) is 8.23. The number of carbonyl (C=O) groups excluding carboxylic acids is 2. The van der Waals surface area contributed by atoms with Crippen LogP contribution in [-0.4, -0.2) is 19.0 Å². The zero-order chi connectivity index (χ0) is 20.2. The van der Waals surface area contributed by atoms with Gasteiger partial charge in [-0.25, -0.2) is 0 Å². The van der Waals surface area contributed by atoms with Crippen molar-refractivity contribution in [2.24, 2.45) is 0 Å². The van der Waals surface area contributed by atoms with Crippen LogP contribution in [0.25, 0.3) is 0 Å². The minimum Gasteiger partial charge on any atom is -0.469 e. The molecule has 0 heterocycles. The third-order valence-electron chi connectivity index (χ3n) is 2.70. The van der Waals surface area contributed by atoms with Gasteiger partial charge in [0, 0.05) is 6.92 Å². The second-order valence-corrected chi connectivity index (χ2v) is 4.50. The molecule has 0 atom stereocenters. The number of methoxy groups -OCH3 is 1. The van der Waals surface area contributed by atoms with Crippen molar-refractivity contribution in [1.29, 1.82) is 0 Å². The molecule has 0 aromatic heterocycles. The number of carbonyl (C=O) groups is 2. The van der Waals surface area contributed by atoms with E-state index < -0.39 is 0 Å². The minimum atomic E-state index is -0.242. The molecule has 0 radical (unpaired) electrons. The Morgan fingerprint density at radius 3 is 1.58 bits per heavy atom. The number of benzene rings is 2. The van der Waals surface area contributed by atoms with Gasteiger partial charge in [0.05, 0.1) is 13.5 Å². The SMILES string of the molecule is CC.CC.CC(=O)OCc1ccccc1.COC(=O)Cc1ccccc1. The van der Waals surface area contributed by atoms with E-state index in [0.717, 1.165) is 11.1 Å². The van der Waals surface area contributed by atoms with E-state index in [1.807, 2.05) is 88.4 Å². The molecule has 4 heteroatoms. The van der Waals surface area contributed by atoms with E-state index in [0.29, 0.717) is 13.0 Å². The van der Waals surface area contributed by atoms with Crippen molar-refractivity contribution in [1.82, 2.24) is 0 Å². The summed E-state index contributed by atoms with van der Waals surface area (Å²) in [5.41, 5.74) is 2.00. The average Bonchev–Trinajstić information content (AvgIpc) is 2.71. The van der Waals surface area contributed by atoms with Crippen molar-refractivity contribution < 1.29 is 19.1 Å². The van der Waals surface area contributed by atoms with Crippen LogP contribution in [0.4, 0.5) is 0 Å². The van der Waals surface area contributed by atoms with E-state index >= 15 is 0 Å². The van der Waals surface area contributed by atoms with E-state index in [4.69, 9.17) is 4.74 Å². The molecule has 4 nitrogen and oxygen atoms in total. The summed E-state index contributed by atoms with van der Waals surface area (Å²) in [5.74, 6) is -0.440. The number of ether oxygens (including phenoxy) is 2. The molecule has 0 saturated carbocycles. The van der Waals surface area contributed by atoms with Crippen LogP contribution in [0.3, 0.4) is 0 Å². The fourth-order valence-electron chi connectivity index (χ4n) is 1.59. The lowest BCUT2D eigenvalue weighted by Gasteiger charge is -1.99. The summed E-state index contributed by atoms with van der Waals surface area (Å²) < 4.78 is 9.30. The van der Waals surface area contributed by atoms with Crippen LogP contribution < -0.4 is 0 Å². The van der Waals surface area contributed by atoms with Crippen molar-refractivity contribution in [3.8, 4) is 0 Å². The molecule has 2 aromatic rings. The summed E-state index contributed by atoms with van der Waals surface area (Å²) in [6, 6.07) is 19.1. The number of esters is 2. The van der Waals surface area contributed by atoms with Crippen LogP contribution >= 0.6 is 0 Å². The van der Waals surface area contributed by atoms with Gasteiger partial charge in [0.1, 0.15) is 6.61 Å². The molecule has 0 aliphatic carbocycles. The largest absolute Gasteiger partial charge is 0.469 e. The quantitative estimate of drug-likeness (QED) is 0.703. The molecule has 0 unspecified atom stereocenters. The first-order valence-electron chi connectivity index (χ1n) is 8.90. The zero-order valence-electron chi connectivity index (χ0n) is 16.8. The van der Waals surface area contributed by atoms with E-state index in [9.17, 15) is 9.59 Å². The predicted molar refractivity (Wildman–Crippen MR) is 107 cm³/mol. The third-order valence-corrected chi connectivity index (χ3v) is 2.70. The average molecular weight is 360 g/mol. The van der Waals surface area contributed by atoms with Gasteiger partial charge < -0.3 is 9.47 Å². The monoisotopic (exact) mass is 360 g/mol. The van der Waals surface area contributed by atoms with Crippen molar-refractivity contribution in [3.05, 3.63) is 71.8 Å².